The molecule has 1 N–H and O–H groups in total. The molecular weight excluding hydrogens is 386 g/mol. The van der Waals surface area contributed by atoms with Gasteiger partial charge in [-0.15, -0.1) is 0 Å². The molecule has 2 aliphatic rings. The van der Waals surface area contributed by atoms with Gasteiger partial charge in [0.15, 0.2) is 0 Å². The fourth-order valence-electron chi connectivity index (χ4n) is 4.44. The fraction of sp³-hybridized carbons (Fsp3) is 0.478. The Morgan fingerprint density at radius 3 is 2.48 bits per heavy atom. The van der Waals surface area contributed by atoms with Crippen molar-refractivity contribution >= 4 is 10.0 Å². The molecule has 0 aromatic heterocycles. The Bertz CT molecular complexity index is 1040. The van der Waals surface area contributed by atoms with Gasteiger partial charge in [-0.25, -0.2) is 13.1 Å². The minimum atomic E-state index is -3.77. The van der Waals surface area contributed by atoms with E-state index in [2.05, 4.69) is 4.72 Å². The largest absolute Gasteiger partial charge is 0.495 e. The zero-order chi connectivity index (χ0) is 20.8. The number of hydrogen-bond donors (Lipinski definition) is 1. The summed E-state index contributed by atoms with van der Waals surface area (Å²) in [5.74, 6) is 1.14. The molecule has 156 valence electrons. The third kappa shape index (κ3) is 4.01. The van der Waals surface area contributed by atoms with Crippen molar-refractivity contribution in [2.75, 3.05) is 7.11 Å². The van der Waals surface area contributed by atoms with Crippen LogP contribution >= 0.6 is 0 Å². The minimum absolute atomic E-state index is 0.221. The van der Waals surface area contributed by atoms with E-state index in [-0.39, 0.29) is 10.9 Å². The van der Waals surface area contributed by atoms with E-state index in [9.17, 15) is 8.42 Å². The van der Waals surface area contributed by atoms with Crippen LogP contribution in [0.4, 0.5) is 0 Å². The van der Waals surface area contributed by atoms with Gasteiger partial charge in [-0.3, -0.25) is 0 Å². The first kappa shape index (κ1) is 20.2. The summed E-state index contributed by atoms with van der Waals surface area (Å²) in [5, 5.41) is 0. The second-order valence-electron chi connectivity index (χ2n) is 8.76. The van der Waals surface area contributed by atoms with Gasteiger partial charge in [-0.2, -0.15) is 0 Å². The van der Waals surface area contributed by atoms with E-state index in [0.717, 1.165) is 48.1 Å². The number of nitrogens with one attached hydrogen (secondary N) is 1. The van der Waals surface area contributed by atoms with Crippen LogP contribution in [0.1, 0.15) is 61.4 Å². The molecule has 1 atom stereocenters. The highest BCUT2D eigenvalue weighted by Crippen LogP contribution is 2.41. The average molecular weight is 416 g/mol. The van der Waals surface area contributed by atoms with Crippen molar-refractivity contribution in [1.29, 1.82) is 0 Å². The second kappa shape index (κ2) is 7.33. The number of hydrogen-bond acceptors (Lipinski definition) is 4. The zero-order valence-corrected chi connectivity index (χ0v) is 18.4. The number of fused-ring (bicyclic) bond motifs is 2. The maximum Gasteiger partial charge on any atom is 0.244 e. The molecule has 0 amide bonds. The molecule has 5 nitrogen and oxygen atoms in total. The van der Waals surface area contributed by atoms with Crippen LogP contribution in [0.15, 0.2) is 35.2 Å². The van der Waals surface area contributed by atoms with Crippen molar-refractivity contribution in [3.63, 3.8) is 0 Å². The molecule has 0 radical (unpaired) electrons. The maximum absolute atomic E-state index is 13.4. The van der Waals surface area contributed by atoms with Gasteiger partial charge in [0, 0.05) is 12.0 Å². The molecule has 1 aliphatic carbocycles. The van der Waals surface area contributed by atoms with Gasteiger partial charge >= 0.3 is 0 Å². The quantitative estimate of drug-likeness (QED) is 0.801. The van der Waals surface area contributed by atoms with Crippen LogP contribution in [0.2, 0.25) is 0 Å². The van der Waals surface area contributed by atoms with Gasteiger partial charge in [0.2, 0.25) is 10.0 Å². The number of ether oxygens (including phenoxy) is 2. The van der Waals surface area contributed by atoms with Crippen LogP contribution in [0.3, 0.4) is 0 Å². The smallest absolute Gasteiger partial charge is 0.244 e. The van der Waals surface area contributed by atoms with E-state index in [1.165, 1.54) is 12.7 Å². The minimum Gasteiger partial charge on any atom is -0.495 e. The van der Waals surface area contributed by atoms with E-state index < -0.39 is 15.6 Å². The number of methoxy groups -OCH3 is 1. The van der Waals surface area contributed by atoms with Crippen molar-refractivity contribution in [1.82, 2.24) is 4.72 Å². The molecule has 0 saturated carbocycles. The molecule has 0 saturated heterocycles. The van der Waals surface area contributed by atoms with E-state index >= 15 is 0 Å². The Morgan fingerprint density at radius 2 is 1.79 bits per heavy atom. The molecular formula is C23H29NO4S. The highest BCUT2D eigenvalue weighted by Gasteiger charge is 2.37. The Kier molecular flexibility index (Phi) is 5.11. The third-order valence-electron chi connectivity index (χ3n) is 5.84. The van der Waals surface area contributed by atoms with Gasteiger partial charge in [0.05, 0.1) is 13.2 Å². The highest BCUT2D eigenvalue weighted by molar-refractivity contribution is 7.89. The Hall–Kier alpha value is -2.05. The van der Waals surface area contributed by atoms with Crippen molar-refractivity contribution < 1.29 is 17.9 Å². The first-order valence-electron chi connectivity index (χ1n) is 10.2. The summed E-state index contributed by atoms with van der Waals surface area (Å²) in [4.78, 5) is 0.221. The normalized spacial score (nSPS) is 20.3. The summed E-state index contributed by atoms with van der Waals surface area (Å²) in [5.41, 5.74) is 3.80. The van der Waals surface area contributed by atoms with Gasteiger partial charge in [-0.05, 0) is 75.8 Å². The lowest BCUT2D eigenvalue weighted by atomic mass is 9.89. The lowest BCUT2D eigenvalue weighted by Crippen LogP contribution is -2.41. The highest BCUT2D eigenvalue weighted by atomic mass is 32.2. The van der Waals surface area contributed by atoms with Crippen LogP contribution in [0, 0.1) is 6.92 Å². The number of sulfonamides is 1. The lowest BCUT2D eigenvalue weighted by molar-refractivity contribution is 0.0701. The molecule has 29 heavy (non-hydrogen) atoms. The first-order valence-corrected chi connectivity index (χ1v) is 11.7. The van der Waals surface area contributed by atoms with E-state index in [0.29, 0.717) is 12.2 Å². The maximum atomic E-state index is 13.4. The van der Waals surface area contributed by atoms with Crippen LogP contribution in [0.5, 0.6) is 11.5 Å². The predicted octanol–water partition coefficient (Wildman–Crippen LogP) is 4.46. The van der Waals surface area contributed by atoms with Crippen LogP contribution in [0.25, 0.3) is 0 Å². The standard InChI is InChI=1S/C23H29NO4S/c1-15-9-10-20-18(11-15)19(14-23(2,3)28-20)24-29(25,26)22-13-17-8-6-5-7-16(17)12-21(22)27-4/h9-13,19,24H,5-8,14H2,1-4H3. The summed E-state index contributed by atoms with van der Waals surface area (Å²) < 4.78 is 41.4. The lowest BCUT2D eigenvalue weighted by Gasteiger charge is -2.38. The monoisotopic (exact) mass is 415 g/mol. The van der Waals surface area contributed by atoms with E-state index in [4.69, 9.17) is 9.47 Å². The number of aryl methyl sites for hydroxylation is 3. The summed E-state index contributed by atoms with van der Waals surface area (Å²) >= 11 is 0. The van der Waals surface area contributed by atoms with Crippen molar-refractivity contribution in [3.8, 4) is 11.5 Å². The SMILES string of the molecule is COc1cc2c(cc1S(=O)(=O)NC1CC(C)(C)Oc3ccc(C)cc31)CCCC2. The van der Waals surface area contributed by atoms with Crippen molar-refractivity contribution in [2.24, 2.45) is 0 Å². The summed E-state index contributed by atoms with van der Waals surface area (Å²) in [6, 6.07) is 9.25. The average Bonchev–Trinajstić information content (AvgIpc) is 2.66. The topological polar surface area (TPSA) is 64.6 Å². The van der Waals surface area contributed by atoms with Crippen LogP contribution in [-0.2, 0) is 22.9 Å². The second-order valence-corrected chi connectivity index (χ2v) is 10.4. The molecule has 0 fully saturated rings. The van der Waals surface area contributed by atoms with Gasteiger partial charge in [0.1, 0.15) is 22.0 Å². The van der Waals surface area contributed by atoms with Crippen molar-refractivity contribution in [3.05, 3.63) is 52.6 Å². The molecule has 2 aromatic rings. The molecule has 1 heterocycles. The van der Waals surface area contributed by atoms with Crippen LogP contribution in [-0.4, -0.2) is 21.1 Å². The predicted molar refractivity (Wildman–Crippen MR) is 113 cm³/mol. The molecule has 0 spiro atoms. The summed E-state index contributed by atoms with van der Waals surface area (Å²) in [6.07, 6.45) is 4.66. The van der Waals surface area contributed by atoms with Gasteiger partial charge in [0.25, 0.3) is 0 Å². The molecule has 1 unspecified atom stereocenters. The third-order valence-corrected chi connectivity index (χ3v) is 7.33. The summed E-state index contributed by atoms with van der Waals surface area (Å²) in [7, 11) is -2.24. The molecule has 4 rings (SSSR count). The number of benzene rings is 2. The van der Waals surface area contributed by atoms with Crippen molar-refractivity contribution in [2.45, 2.75) is 69.4 Å². The number of rotatable bonds is 4. The molecule has 1 aliphatic heterocycles. The summed E-state index contributed by atoms with van der Waals surface area (Å²) in [6.45, 7) is 5.96. The fourth-order valence-corrected chi connectivity index (χ4v) is 5.86. The van der Waals surface area contributed by atoms with Gasteiger partial charge in [-0.1, -0.05) is 17.7 Å². The first-order chi connectivity index (χ1) is 13.7. The Labute approximate surface area is 173 Å². The van der Waals surface area contributed by atoms with E-state index in [1.54, 1.807) is 6.07 Å². The molecule has 2 aromatic carbocycles. The Morgan fingerprint density at radius 1 is 1.10 bits per heavy atom. The molecule has 0 bridgehead atoms. The molecule has 6 heteroatoms. The van der Waals surface area contributed by atoms with Gasteiger partial charge < -0.3 is 9.47 Å². The zero-order valence-electron chi connectivity index (χ0n) is 17.5. The Balaban J connectivity index is 1.74. The van der Waals surface area contributed by atoms with E-state index in [1.807, 2.05) is 45.0 Å². The van der Waals surface area contributed by atoms with Crippen LogP contribution < -0.4 is 14.2 Å².